The molecule has 96 valence electrons. The van der Waals surface area contributed by atoms with Crippen molar-refractivity contribution in [1.82, 2.24) is 9.55 Å². The van der Waals surface area contributed by atoms with Crippen molar-refractivity contribution in [2.45, 2.75) is 0 Å². The molecule has 0 aliphatic heterocycles. The molecule has 0 radical (unpaired) electrons. The molecule has 3 rings (SSSR count). The molecule has 1 heterocycles. The lowest BCUT2D eigenvalue weighted by molar-refractivity contribution is 0.578. The molecule has 0 amide bonds. The highest BCUT2D eigenvalue weighted by atomic mass is 79.9. The maximum absolute atomic E-state index is 13.9. The van der Waals surface area contributed by atoms with Crippen LogP contribution in [0.25, 0.3) is 16.7 Å². The van der Waals surface area contributed by atoms with E-state index in [1.54, 1.807) is 4.57 Å². The lowest BCUT2D eigenvalue weighted by atomic mass is 10.2. The Balaban J connectivity index is 2.36. The number of aromatic nitrogens is 2. The number of aromatic amines is 1. The van der Waals surface area contributed by atoms with Crippen LogP contribution in [0.15, 0.2) is 40.9 Å². The van der Waals surface area contributed by atoms with Crippen molar-refractivity contribution in [1.29, 1.82) is 0 Å². The first-order chi connectivity index (χ1) is 9.06. The summed E-state index contributed by atoms with van der Waals surface area (Å²) >= 11 is 8.56. The van der Waals surface area contributed by atoms with E-state index in [0.29, 0.717) is 4.77 Å². The predicted octanol–water partition coefficient (Wildman–Crippen LogP) is 4.73. The molecule has 19 heavy (non-hydrogen) atoms. The van der Waals surface area contributed by atoms with Crippen molar-refractivity contribution in [2.24, 2.45) is 0 Å². The van der Waals surface area contributed by atoms with Gasteiger partial charge in [0.1, 0.15) is 11.6 Å². The van der Waals surface area contributed by atoms with Gasteiger partial charge in [0, 0.05) is 10.5 Å². The number of nitrogens with one attached hydrogen (secondary N) is 1. The summed E-state index contributed by atoms with van der Waals surface area (Å²) in [6, 6.07) is 8.92. The third-order valence-electron chi connectivity index (χ3n) is 2.79. The summed E-state index contributed by atoms with van der Waals surface area (Å²) in [7, 11) is 0. The van der Waals surface area contributed by atoms with Gasteiger partial charge in [-0.1, -0.05) is 15.9 Å². The molecule has 0 saturated carbocycles. The van der Waals surface area contributed by atoms with E-state index in [9.17, 15) is 8.78 Å². The minimum Gasteiger partial charge on any atom is -0.330 e. The van der Waals surface area contributed by atoms with Gasteiger partial charge in [0.05, 0.1) is 16.7 Å². The summed E-state index contributed by atoms with van der Waals surface area (Å²) in [5.74, 6) is -1.27. The zero-order chi connectivity index (χ0) is 13.6. The highest BCUT2D eigenvalue weighted by Gasteiger charge is 2.11. The number of hydrogen-bond donors (Lipinski definition) is 1. The molecular weight excluding hydrogens is 334 g/mol. The maximum atomic E-state index is 13.9. The van der Waals surface area contributed by atoms with Gasteiger partial charge in [0.25, 0.3) is 0 Å². The topological polar surface area (TPSA) is 20.7 Å². The van der Waals surface area contributed by atoms with E-state index in [-0.39, 0.29) is 5.69 Å². The van der Waals surface area contributed by atoms with E-state index in [1.165, 1.54) is 12.1 Å². The molecule has 1 aromatic heterocycles. The number of halogens is 3. The summed E-state index contributed by atoms with van der Waals surface area (Å²) < 4.78 is 29.6. The number of benzene rings is 2. The van der Waals surface area contributed by atoms with Crippen LogP contribution in [0.1, 0.15) is 0 Å². The Kier molecular flexibility index (Phi) is 2.99. The lowest BCUT2D eigenvalue weighted by Crippen LogP contribution is -1.98. The van der Waals surface area contributed by atoms with Gasteiger partial charge in [0.15, 0.2) is 4.77 Å². The fraction of sp³-hybridized carbons (Fsp3) is 0. The average Bonchev–Trinajstić information content (AvgIpc) is 2.65. The summed E-state index contributed by atoms with van der Waals surface area (Å²) in [4.78, 5) is 3.00. The predicted molar refractivity (Wildman–Crippen MR) is 76.1 cm³/mol. The van der Waals surface area contributed by atoms with E-state index in [4.69, 9.17) is 12.2 Å². The number of H-pyrrole nitrogens is 1. The highest BCUT2D eigenvalue weighted by Crippen LogP contribution is 2.24. The van der Waals surface area contributed by atoms with Gasteiger partial charge in [-0.15, -0.1) is 0 Å². The summed E-state index contributed by atoms with van der Waals surface area (Å²) in [6.07, 6.45) is 0. The molecule has 3 aromatic rings. The van der Waals surface area contributed by atoms with Crippen LogP contribution in [0.5, 0.6) is 0 Å². The zero-order valence-electron chi connectivity index (χ0n) is 9.45. The Morgan fingerprint density at radius 1 is 1.11 bits per heavy atom. The number of nitrogens with zero attached hydrogens (tertiary/aromatic N) is 1. The van der Waals surface area contributed by atoms with Crippen molar-refractivity contribution in [3.63, 3.8) is 0 Å². The molecule has 0 saturated heterocycles. The summed E-state index contributed by atoms with van der Waals surface area (Å²) in [5.41, 5.74) is 1.74. The zero-order valence-corrected chi connectivity index (χ0v) is 11.9. The third-order valence-corrected chi connectivity index (χ3v) is 3.57. The Morgan fingerprint density at radius 3 is 2.63 bits per heavy atom. The van der Waals surface area contributed by atoms with Crippen molar-refractivity contribution >= 4 is 39.2 Å². The van der Waals surface area contributed by atoms with Gasteiger partial charge < -0.3 is 4.98 Å². The van der Waals surface area contributed by atoms with Crippen LogP contribution >= 0.6 is 28.1 Å². The van der Waals surface area contributed by atoms with E-state index < -0.39 is 11.6 Å². The monoisotopic (exact) mass is 340 g/mol. The van der Waals surface area contributed by atoms with Gasteiger partial charge in [-0.3, -0.25) is 4.57 Å². The molecule has 0 aliphatic rings. The van der Waals surface area contributed by atoms with Crippen LogP contribution in [0.4, 0.5) is 8.78 Å². The van der Waals surface area contributed by atoms with Gasteiger partial charge in [-0.2, -0.15) is 0 Å². The van der Waals surface area contributed by atoms with Crippen molar-refractivity contribution in [3.05, 3.63) is 57.3 Å². The normalized spacial score (nSPS) is 11.1. The molecule has 1 N–H and O–H groups in total. The second kappa shape index (κ2) is 4.54. The Bertz CT molecular complexity index is 838. The average molecular weight is 341 g/mol. The van der Waals surface area contributed by atoms with Crippen molar-refractivity contribution < 1.29 is 8.78 Å². The van der Waals surface area contributed by atoms with Crippen molar-refractivity contribution in [2.75, 3.05) is 0 Å². The molecule has 0 aliphatic carbocycles. The summed E-state index contributed by atoms with van der Waals surface area (Å²) in [6.45, 7) is 0. The van der Waals surface area contributed by atoms with Crippen LogP contribution in [-0.2, 0) is 0 Å². The fourth-order valence-electron chi connectivity index (χ4n) is 1.99. The van der Waals surface area contributed by atoms with Crippen molar-refractivity contribution in [3.8, 4) is 5.69 Å². The molecule has 0 spiro atoms. The van der Waals surface area contributed by atoms with E-state index in [2.05, 4.69) is 20.9 Å². The molecule has 0 atom stereocenters. The van der Waals surface area contributed by atoms with Gasteiger partial charge in [-0.05, 0) is 42.5 Å². The standard InChI is InChI=1S/C13H7BrF2N2S/c14-7-1-3-12-10(5-7)17-13(19)18(12)11-4-2-8(15)6-9(11)16/h1-6H,(H,17,19). The molecular formula is C13H7BrF2N2S. The van der Waals surface area contributed by atoms with Gasteiger partial charge in [0.2, 0.25) is 0 Å². The Morgan fingerprint density at radius 2 is 1.89 bits per heavy atom. The van der Waals surface area contributed by atoms with Gasteiger partial charge in [-0.25, -0.2) is 8.78 Å². The molecule has 0 bridgehead atoms. The number of rotatable bonds is 1. The van der Waals surface area contributed by atoms with Crippen LogP contribution < -0.4 is 0 Å². The SMILES string of the molecule is Fc1ccc(-n2c(=S)[nH]c3cc(Br)ccc32)c(F)c1. The lowest BCUT2D eigenvalue weighted by Gasteiger charge is -2.06. The van der Waals surface area contributed by atoms with Crippen LogP contribution in [0, 0.1) is 16.4 Å². The number of imidazole rings is 1. The smallest absolute Gasteiger partial charge is 0.182 e. The second-order valence-corrected chi connectivity index (χ2v) is 5.33. The molecule has 2 aromatic carbocycles. The highest BCUT2D eigenvalue weighted by molar-refractivity contribution is 9.10. The summed E-state index contributed by atoms with van der Waals surface area (Å²) in [5, 5.41) is 0. The maximum Gasteiger partial charge on any atom is 0.182 e. The van der Waals surface area contributed by atoms with Crippen LogP contribution in [-0.4, -0.2) is 9.55 Å². The fourth-order valence-corrected chi connectivity index (χ4v) is 2.65. The van der Waals surface area contributed by atoms with E-state index in [0.717, 1.165) is 21.6 Å². The third kappa shape index (κ3) is 2.11. The first-order valence-corrected chi connectivity index (χ1v) is 6.62. The Labute approximate surface area is 120 Å². The molecule has 2 nitrogen and oxygen atoms in total. The quantitative estimate of drug-likeness (QED) is 0.635. The Hall–Kier alpha value is -1.53. The second-order valence-electron chi connectivity index (χ2n) is 4.02. The number of hydrogen-bond acceptors (Lipinski definition) is 1. The molecule has 0 unspecified atom stereocenters. The van der Waals surface area contributed by atoms with E-state index in [1.807, 2.05) is 18.2 Å². The minimum absolute atomic E-state index is 0.222. The van der Waals surface area contributed by atoms with Crippen LogP contribution in [0.2, 0.25) is 0 Å². The van der Waals surface area contributed by atoms with Crippen LogP contribution in [0.3, 0.4) is 0 Å². The first kappa shape index (κ1) is 12.5. The first-order valence-electron chi connectivity index (χ1n) is 5.42. The largest absolute Gasteiger partial charge is 0.330 e. The molecule has 0 fully saturated rings. The van der Waals surface area contributed by atoms with E-state index >= 15 is 0 Å². The molecule has 6 heteroatoms. The number of fused-ring (bicyclic) bond motifs is 1. The minimum atomic E-state index is -0.653. The van der Waals surface area contributed by atoms with Gasteiger partial charge >= 0.3 is 0 Å².